The summed E-state index contributed by atoms with van der Waals surface area (Å²) in [5.74, 6) is -1.31. The maximum atomic E-state index is 13.4. The third-order valence-corrected chi connectivity index (χ3v) is 2.28. The molecule has 0 aliphatic heterocycles. The van der Waals surface area contributed by atoms with Gasteiger partial charge in [0.1, 0.15) is 11.6 Å². The summed E-state index contributed by atoms with van der Waals surface area (Å²) in [6.45, 7) is 0. The van der Waals surface area contributed by atoms with Crippen LogP contribution in [0, 0.1) is 21.7 Å². The second kappa shape index (κ2) is 4.29. The van der Waals surface area contributed by atoms with Crippen molar-refractivity contribution in [2.45, 2.75) is 0 Å². The lowest BCUT2D eigenvalue weighted by Gasteiger charge is -2.03. The van der Waals surface area contributed by atoms with Crippen molar-refractivity contribution >= 4 is 5.69 Å². The van der Waals surface area contributed by atoms with Crippen molar-refractivity contribution < 1.29 is 13.7 Å². The fourth-order valence-corrected chi connectivity index (χ4v) is 1.53. The summed E-state index contributed by atoms with van der Waals surface area (Å²) in [6.07, 6.45) is 0. The number of hydrogen-bond acceptors (Lipinski definition) is 2. The Bertz CT molecular complexity index is 584. The average Bonchev–Trinajstić information content (AvgIpc) is 2.28. The van der Waals surface area contributed by atoms with Crippen LogP contribution >= 0.6 is 0 Å². The van der Waals surface area contributed by atoms with Gasteiger partial charge in [0, 0.05) is 11.6 Å². The van der Waals surface area contributed by atoms with E-state index in [1.165, 1.54) is 18.2 Å². The predicted molar refractivity (Wildman–Crippen MR) is 58.4 cm³/mol. The zero-order chi connectivity index (χ0) is 12.4. The molecule has 0 heterocycles. The fourth-order valence-electron chi connectivity index (χ4n) is 1.53. The van der Waals surface area contributed by atoms with Gasteiger partial charge in [0.25, 0.3) is 5.69 Å². The van der Waals surface area contributed by atoms with Crippen LogP contribution in [0.25, 0.3) is 11.1 Å². The third kappa shape index (κ3) is 2.28. The van der Waals surface area contributed by atoms with Gasteiger partial charge in [-0.1, -0.05) is 18.2 Å². The Labute approximate surface area is 95.5 Å². The minimum Gasteiger partial charge on any atom is -0.258 e. The molecule has 0 aromatic heterocycles. The average molecular weight is 235 g/mol. The summed E-state index contributed by atoms with van der Waals surface area (Å²) in [4.78, 5) is 9.85. The van der Waals surface area contributed by atoms with Crippen LogP contribution in [0.15, 0.2) is 42.5 Å². The summed E-state index contributed by atoms with van der Waals surface area (Å²) in [6, 6.07) is 8.72. The normalized spacial score (nSPS) is 10.2. The standard InChI is InChI=1S/C12H7F2NO2/c13-9-5-8(6-10(7-9)15(16)17)11-3-1-2-4-12(11)14/h1-7H. The predicted octanol–water partition coefficient (Wildman–Crippen LogP) is 3.54. The van der Waals surface area contributed by atoms with E-state index >= 15 is 0 Å². The van der Waals surface area contributed by atoms with E-state index in [0.29, 0.717) is 0 Å². The van der Waals surface area contributed by atoms with Crippen molar-refractivity contribution in [3.8, 4) is 11.1 Å². The Hall–Kier alpha value is -2.30. The highest BCUT2D eigenvalue weighted by molar-refractivity contribution is 5.66. The molecule has 0 saturated heterocycles. The van der Waals surface area contributed by atoms with Crippen molar-refractivity contribution in [2.75, 3.05) is 0 Å². The Balaban J connectivity index is 2.60. The Morgan fingerprint density at radius 3 is 2.41 bits per heavy atom. The Morgan fingerprint density at radius 1 is 1.06 bits per heavy atom. The highest BCUT2D eigenvalue weighted by atomic mass is 19.1. The summed E-state index contributed by atoms with van der Waals surface area (Å²) >= 11 is 0. The van der Waals surface area contributed by atoms with Crippen molar-refractivity contribution in [2.24, 2.45) is 0 Å². The number of nitro groups is 1. The molecular formula is C12H7F2NO2. The quantitative estimate of drug-likeness (QED) is 0.590. The Morgan fingerprint density at radius 2 is 1.76 bits per heavy atom. The number of rotatable bonds is 2. The zero-order valence-electron chi connectivity index (χ0n) is 8.56. The molecule has 86 valence electrons. The summed E-state index contributed by atoms with van der Waals surface area (Å²) < 4.78 is 26.6. The van der Waals surface area contributed by atoms with Gasteiger partial charge < -0.3 is 0 Å². The molecule has 0 atom stereocenters. The maximum absolute atomic E-state index is 13.4. The van der Waals surface area contributed by atoms with Gasteiger partial charge in [0.15, 0.2) is 0 Å². The third-order valence-electron chi connectivity index (χ3n) is 2.28. The van der Waals surface area contributed by atoms with E-state index in [-0.39, 0.29) is 11.1 Å². The molecule has 17 heavy (non-hydrogen) atoms. The second-order valence-electron chi connectivity index (χ2n) is 3.44. The van der Waals surface area contributed by atoms with Crippen LogP contribution in [0.5, 0.6) is 0 Å². The molecule has 2 aromatic carbocycles. The number of nitrogens with zero attached hydrogens (tertiary/aromatic N) is 1. The van der Waals surface area contributed by atoms with Gasteiger partial charge in [0.05, 0.1) is 11.0 Å². The van der Waals surface area contributed by atoms with Crippen molar-refractivity contribution in [3.05, 3.63) is 64.2 Å². The summed E-state index contributed by atoms with van der Waals surface area (Å²) in [5.41, 5.74) is -0.117. The molecule has 5 heteroatoms. The minimum atomic E-state index is -0.766. The lowest BCUT2D eigenvalue weighted by Crippen LogP contribution is -1.91. The van der Waals surface area contributed by atoms with Crippen LogP contribution in [-0.2, 0) is 0 Å². The van der Waals surface area contributed by atoms with Crippen LogP contribution in [-0.4, -0.2) is 4.92 Å². The molecule has 0 aliphatic rings. The molecule has 3 nitrogen and oxygen atoms in total. The van der Waals surface area contributed by atoms with Crippen LogP contribution in [0.3, 0.4) is 0 Å². The van der Waals surface area contributed by atoms with Gasteiger partial charge in [-0.2, -0.15) is 0 Å². The largest absolute Gasteiger partial charge is 0.272 e. The molecule has 0 fully saturated rings. The molecule has 0 amide bonds. The lowest BCUT2D eigenvalue weighted by atomic mass is 10.0. The van der Waals surface area contributed by atoms with Gasteiger partial charge in [-0.15, -0.1) is 0 Å². The summed E-state index contributed by atoms with van der Waals surface area (Å²) in [7, 11) is 0. The van der Waals surface area contributed by atoms with Gasteiger partial charge >= 0.3 is 0 Å². The summed E-state index contributed by atoms with van der Waals surface area (Å²) in [5, 5.41) is 10.6. The minimum absolute atomic E-state index is 0.134. The smallest absolute Gasteiger partial charge is 0.258 e. The molecule has 0 radical (unpaired) electrons. The molecule has 0 aliphatic carbocycles. The fraction of sp³-hybridized carbons (Fsp3) is 0. The first-order chi connectivity index (χ1) is 8.08. The van der Waals surface area contributed by atoms with Crippen molar-refractivity contribution in [1.29, 1.82) is 0 Å². The Kier molecular flexibility index (Phi) is 2.82. The maximum Gasteiger partial charge on any atom is 0.272 e. The number of halogens is 2. The van der Waals surface area contributed by atoms with Crippen LogP contribution in [0.2, 0.25) is 0 Å². The number of hydrogen-bond donors (Lipinski definition) is 0. The van der Waals surface area contributed by atoms with E-state index < -0.39 is 22.2 Å². The van der Waals surface area contributed by atoms with E-state index in [4.69, 9.17) is 0 Å². The molecule has 0 unspecified atom stereocenters. The van der Waals surface area contributed by atoms with Crippen molar-refractivity contribution in [1.82, 2.24) is 0 Å². The molecule has 2 rings (SSSR count). The number of nitro benzene ring substituents is 1. The first-order valence-electron chi connectivity index (χ1n) is 4.78. The SMILES string of the molecule is O=[N+]([O-])c1cc(F)cc(-c2ccccc2F)c1. The highest BCUT2D eigenvalue weighted by Crippen LogP contribution is 2.27. The molecule has 0 bridgehead atoms. The highest BCUT2D eigenvalue weighted by Gasteiger charge is 2.12. The zero-order valence-corrected chi connectivity index (χ0v) is 8.56. The second-order valence-corrected chi connectivity index (χ2v) is 3.44. The van der Waals surface area contributed by atoms with E-state index in [1.54, 1.807) is 6.07 Å². The lowest BCUT2D eigenvalue weighted by molar-refractivity contribution is -0.385. The van der Waals surface area contributed by atoms with Crippen LogP contribution in [0.4, 0.5) is 14.5 Å². The number of non-ortho nitro benzene ring substituents is 1. The van der Waals surface area contributed by atoms with Gasteiger partial charge in [0.2, 0.25) is 0 Å². The molecule has 0 spiro atoms. The topological polar surface area (TPSA) is 43.1 Å². The first kappa shape index (κ1) is 11.2. The van der Waals surface area contributed by atoms with E-state index in [0.717, 1.165) is 18.2 Å². The van der Waals surface area contributed by atoms with Gasteiger partial charge in [-0.3, -0.25) is 10.1 Å². The van der Waals surface area contributed by atoms with E-state index in [9.17, 15) is 18.9 Å². The molecule has 2 aromatic rings. The number of benzene rings is 2. The van der Waals surface area contributed by atoms with Crippen LogP contribution in [0.1, 0.15) is 0 Å². The monoisotopic (exact) mass is 235 g/mol. The molecular weight excluding hydrogens is 228 g/mol. The van der Waals surface area contributed by atoms with E-state index in [2.05, 4.69) is 0 Å². The van der Waals surface area contributed by atoms with Gasteiger partial charge in [-0.25, -0.2) is 8.78 Å². The molecule has 0 saturated carbocycles. The van der Waals surface area contributed by atoms with Crippen LogP contribution < -0.4 is 0 Å². The molecule has 0 N–H and O–H groups in total. The van der Waals surface area contributed by atoms with E-state index in [1.807, 2.05) is 0 Å². The first-order valence-corrected chi connectivity index (χ1v) is 4.78. The van der Waals surface area contributed by atoms with Crippen molar-refractivity contribution in [3.63, 3.8) is 0 Å². The van der Waals surface area contributed by atoms with Gasteiger partial charge in [-0.05, 0) is 17.7 Å².